The van der Waals surface area contributed by atoms with E-state index < -0.39 is 0 Å². The zero-order chi connectivity index (χ0) is 14.5. The molecule has 0 fully saturated rings. The Balaban J connectivity index is 2.00. The summed E-state index contributed by atoms with van der Waals surface area (Å²) in [6.45, 7) is 2.68. The Labute approximate surface area is 127 Å². The van der Waals surface area contributed by atoms with Crippen LogP contribution in [0, 0.1) is 0 Å². The van der Waals surface area contributed by atoms with Gasteiger partial charge in [-0.25, -0.2) is 0 Å². The first-order valence-electron chi connectivity index (χ1n) is 6.35. The van der Waals surface area contributed by atoms with Crippen LogP contribution in [0.3, 0.4) is 0 Å². The van der Waals surface area contributed by atoms with E-state index in [2.05, 4.69) is 23.7 Å². The Kier molecular flexibility index (Phi) is 4.87. The number of carbonyl (C=O) groups excluding carboxylic acids is 1. The second-order valence-electron chi connectivity index (χ2n) is 4.35. The fraction of sp³-hybridized carbons (Fsp3) is 0.200. The summed E-state index contributed by atoms with van der Waals surface area (Å²) in [5.74, 6) is -0.0880. The van der Waals surface area contributed by atoms with E-state index >= 15 is 0 Å². The molecular weight excluding hydrogens is 288 g/mol. The van der Waals surface area contributed by atoms with Gasteiger partial charge in [0.15, 0.2) is 0 Å². The van der Waals surface area contributed by atoms with Crippen LogP contribution in [0.2, 0.25) is 0 Å². The van der Waals surface area contributed by atoms with Crippen LogP contribution in [0.25, 0.3) is 0 Å². The highest BCUT2D eigenvalue weighted by Crippen LogP contribution is 2.17. The average Bonchev–Trinajstić information content (AvgIpc) is 2.92. The van der Waals surface area contributed by atoms with E-state index in [-0.39, 0.29) is 5.91 Å². The quantitative estimate of drug-likeness (QED) is 0.835. The van der Waals surface area contributed by atoms with Gasteiger partial charge >= 0.3 is 0 Å². The summed E-state index contributed by atoms with van der Waals surface area (Å²) < 4.78 is 0. The van der Waals surface area contributed by atoms with E-state index in [1.54, 1.807) is 35.6 Å². The number of aryl methyl sites for hydroxylation is 1. The van der Waals surface area contributed by atoms with E-state index in [0.29, 0.717) is 17.1 Å². The Bertz CT molecular complexity index is 617. The van der Waals surface area contributed by atoms with Crippen molar-refractivity contribution in [1.82, 2.24) is 5.32 Å². The number of hydrogen-bond acceptors (Lipinski definition) is 3. The van der Waals surface area contributed by atoms with Crippen LogP contribution in [0.4, 0.5) is 0 Å². The van der Waals surface area contributed by atoms with Crippen molar-refractivity contribution in [2.45, 2.75) is 19.9 Å². The zero-order valence-corrected chi connectivity index (χ0v) is 12.8. The minimum Gasteiger partial charge on any atom is -0.389 e. The third-order valence-corrected chi connectivity index (χ3v) is 4.26. The molecule has 0 aliphatic rings. The standard InChI is InChI=1S/C15H16N2OS2/c1-2-10-7-8-20-13(10)9-17-15(18)12-5-3-11(4-6-12)14(16)19/h3-8H,2,9H2,1H3,(H2,16,19)(H,17,18). The number of nitrogens with one attached hydrogen (secondary N) is 1. The number of thiocarbonyl (C=S) groups is 1. The molecule has 3 N–H and O–H groups in total. The summed E-state index contributed by atoms with van der Waals surface area (Å²) >= 11 is 6.55. The van der Waals surface area contributed by atoms with Crippen molar-refractivity contribution in [1.29, 1.82) is 0 Å². The second kappa shape index (κ2) is 6.63. The SMILES string of the molecule is CCc1ccsc1CNC(=O)c1ccc(C(N)=S)cc1. The van der Waals surface area contributed by atoms with Gasteiger partial charge in [-0.3, -0.25) is 4.79 Å². The molecule has 0 unspecified atom stereocenters. The monoisotopic (exact) mass is 304 g/mol. The molecule has 1 aromatic carbocycles. The minimum atomic E-state index is -0.0880. The Morgan fingerprint density at radius 1 is 1.25 bits per heavy atom. The number of hydrogen-bond donors (Lipinski definition) is 2. The maximum atomic E-state index is 12.1. The fourth-order valence-corrected chi connectivity index (χ4v) is 2.94. The number of rotatable bonds is 5. The van der Waals surface area contributed by atoms with Crippen molar-refractivity contribution in [2.24, 2.45) is 5.73 Å². The number of amides is 1. The van der Waals surface area contributed by atoms with Crippen molar-refractivity contribution in [2.75, 3.05) is 0 Å². The van der Waals surface area contributed by atoms with Gasteiger partial charge in [0.05, 0.1) is 6.54 Å². The third-order valence-electron chi connectivity index (χ3n) is 3.06. The topological polar surface area (TPSA) is 55.1 Å². The lowest BCUT2D eigenvalue weighted by Gasteiger charge is -2.06. The smallest absolute Gasteiger partial charge is 0.251 e. The molecule has 2 rings (SSSR count). The van der Waals surface area contributed by atoms with Gasteiger partial charge in [0.25, 0.3) is 5.91 Å². The van der Waals surface area contributed by atoms with Crippen molar-refractivity contribution in [3.05, 3.63) is 57.3 Å². The van der Waals surface area contributed by atoms with Crippen molar-refractivity contribution < 1.29 is 4.79 Å². The highest BCUT2D eigenvalue weighted by Gasteiger charge is 2.08. The molecule has 104 valence electrons. The molecule has 0 spiro atoms. The van der Waals surface area contributed by atoms with Crippen LogP contribution in [-0.2, 0) is 13.0 Å². The molecule has 1 aromatic heterocycles. The molecule has 0 saturated heterocycles. The van der Waals surface area contributed by atoms with Crippen molar-refractivity contribution in [3.63, 3.8) is 0 Å². The molecule has 0 atom stereocenters. The first kappa shape index (κ1) is 14.7. The van der Waals surface area contributed by atoms with Crippen LogP contribution in [0.5, 0.6) is 0 Å². The Hall–Kier alpha value is -1.72. The van der Waals surface area contributed by atoms with Crippen molar-refractivity contribution in [3.8, 4) is 0 Å². The van der Waals surface area contributed by atoms with E-state index in [1.807, 2.05) is 0 Å². The Morgan fingerprint density at radius 3 is 2.50 bits per heavy atom. The van der Waals surface area contributed by atoms with Gasteiger partial charge in [-0.2, -0.15) is 0 Å². The molecule has 20 heavy (non-hydrogen) atoms. The molecule has 0 aliphatic carbocycles. The lowest BCUT2D eigenvalue weighted by atomic mass is 10.1. The van der Waals surface area contributed by atoms with E-state index in [9.17, 15) is 4.79 Å². The fourth-order valence-electron chi connectivity index (χ4n) is 1.89. The van der Waals surface area contributed by atoms with Crippen LogP contribution in [-0.4, -0.2) is 10.9 Å². The van der Waals surface area contributed by atoms with E-state index in [4.69, 9.17) is 18.0 Å². The molecule has 0 bridgehead atoms. The molecule has 3 nitrogen and oxygen atoms in total. The van der Waals surface area contributed by atoms with Crippen LogP contribution in [0.15, 0.2) is 35.7 Å². The first-order valence-corrected chi connectivity index (χ1v) is 7.64. The highest BCUT2D eigenvalue weighted by molar-refractivity contribution is 7.80. The van der Waals surface area contributed by atoms with Gasteiger partial charge in [0, 0.05) is 16.0 Å². The van der Waals surface area contributed by atoms with Gasteiger partial charge < -0.3 is 11.1 Å². The van der Waals surface area contributed by atoms with Gasteiger partial charge in [0.2, 0.25) is 0 Å². The van der Waals surface area contributed by atoms with E-state index in [0.717, 1.165) is 12.0 Å². The molecule has 0 saturated carbocycles. The molecular formula is C15H16N2OS2. The number of benzene rings is 1. The first-order chi connectivity index (χ1) is 9.61. The van der Waals surface area contributed by atoms with Gasteiger partial charge in [-0.15, -0.1) is 11.3 Å². The summed E-state index contributed by atoms with van der Waals surface area (Å²) in [7, 11) is 0. The number of thiophene rings is 1. The summed E-state index contributed by atoms with van der Waals surface area (Å²) in [4.78, 5) is 13.6. The summed E-state index contributed by atoms with van der Waals surface area (Å²) in [5.41, 5.74) is 8.20. The predicted octanol–water partition coefficient (Wildman–Crippen LogP) is 2.87. The van der Waals surface area contributed by atoms with Gasteiger partial charge in [0.1, 0.15) is 4.99 Å². The maximum Gasteiger partial charge on any atom is 0.251 e. The zero-order valence-electron chi connectivity index (χ0n) is 11.2. The van der Waals surface area contributed by atoms with Crippen LogP contribution >= 0.6 is 23.6 Å². The highest BCUT2D eigenvalue weighted by atomic mass is 32.1. The maximum absolute atomic E-state index is 12.1. The molecule has 1 amide bonds. The largest absolute Gasteiger partial charge is 0.389 e. The molecule has 0 radical (unpaired) electrons. The lowest BCUT2D eigenvalue weighted by molar-refractivity contribution is 0.0951. The molecule has 2 aromatic rings. The lowest BCUT2D eigenvalue weighted by Crippen LogP contribution is -2.23. The molecule has 5 heteroatoms. The number of carbonyl (C=O) groups is 1. The number of nitrogens with two attached hydrogens (primary N) is 1. The summed E-state index contributed by atoms with van der Waals surface area (Å²) in [6, 6.07) is 9.10. The van der Waals surface area contributed by atoms with Crippen LogP contribution in [0.1, 0.15) is 33.3 Å². The normalized spacial score (nSPS) is 10.2. The summed E-state index contributed by atoms with van der Waals surface area (Å²) in [5, 5.41) is 4.99. The molecule has 1 heterocycles. The molecule has 0 aliphatic heterocycles. The van der Waals surface area contributed by atoms with E-state index in [1.165, 1.54) is 10.4 Å². The van der Waals surface area contributed by atoms with Crippen molar-refractivity contribution >= 4 is 34.5 Å². The van der Waals surface area contributed by atoms with Gasteiger partial charge in [-0.05, 0) is 35.6 Å². The summed E-state index contributed by atoms with van der Waals surface area (Å²) in [6.07, 6.45) is 0.983. The predicted molar refractivity (Wildman–Crippen MR) is 87.2 cm³/mol. The van der Waals surface area contributed by atoms with Crippen LogP contribution < -0.4 is 11.1 Å². The minimum absolute atomic E-state index is 0.0880. The Morgan fingerprint density at radius 2 is 1.90 bits per heavy atom. The third kappa shape index (κ3) is 3.43. The van der Waals surface area contributed by atoms with Gasteiger partial charge in [-0.1, -0.05) is 31.3 Å². The second-order valence-corrected chi connectivity index (χ2v) is 5.79. The average molecular weight is 304 g/mol.